The highest BCUT2D eigenvalue weighted by Gasteiger charge is 2.49. The molecule has 3 aromatic rings. The van der Waals surface area contributed by atoms with Crippen molar-refractivity contribution in [3.63, 3.8) is 0 Å². The van der Waals surface area contributed by atoms with Crippen molar-refractivity contribution in [3.8, 4) is 40.1 Å². The third-order valence-electron chi connectivity index (χ3n) is 8.72. The molecular formula is C35H38O7. The van der Waals surface area contributed by atoms with Gasteiger partial charge in [-0.05, 0) is 86.3 Å². The van der Waals surface area contributed by atoms with E-state index >= 15 is 0 Å². The van der Waals surface area contributed by atoms with Gasteiger partial charge in [-0.15, -0.1) is 0 Å². The van der Waals surface area contributed by atoms with Crippen LogP contribution in [0.2, 0.25) is 0 Å². The molecule has 6 rings (SSSR count). The molecule has 3 aliphatic rings. The van der Waals surface area contributed by atoms with Crippen molar-refractivity contribution in [1.29, 1.82) is 0 Å². The Bertz CT molecular complexity index is 1810. The number of hydrogen-bond donors (Lipinski definition) is 3. The summed E-state index contributed by atoms with van der Waals surface area (Å²) in [4.78, 5) is 14.3. The number of phenols is 3. The largest absolute Gasteiger partial charge is 0.507 e. The first-order valence-electron chi connectivity index (χ1n) is 14.5. The van der Waals surface area contributed by atoms with Crippen LogP contribution in [0.1, 0.15) is 89.5 Å². The number of benzene rings is 2. The van der Waals surface area contributed by atoms with E-state index in [4.69, 9.17) is 13.9 Å². The maximum Gasteiger partial charge on any atom is 0.200 e. The number of rotatable bonds is 5. The van der Waals surface area contributed by atoms with Crippen molar-refractivity contribution in [3.05, 3.63) is 67.9 Å². The molecule has 2 aliphatic heterocycles. The molecule has 2 aromatic carbocycles. The summed E-state index contributed by atoms with van der Waals surface area (Å²) in [7, 11) is 0. The van der Waals surface area contributed by atoms with Crippen molar-refractivity contribution in [2.24, 2.45) is 0 Å². The minimum atomic E-state index is -0.736. The smallest absolute Gasteiger partial charge is 0.200 e. The monoisotopic (exact) mass is 570 g/mol. The maximum atomic E-state index is 14.3. The fourth-order valence-corrected chi connectivity index (χ4v) is 6.47. The molecule has 3 heterocycles. The zero-order chi connectivity index (χ0) is 30.3. The minimum Gasteiger partial charge on any atom is -0.507 e. The van der Waals surface area contributed by atoms with E-state index in [1.807, 2.05) is 39.8 Å². The van der Waals surface area contributed by atoms with Crippen LogP contribution in [0.5, 0.6) is 28.7 Å². The van der Waals surface area contributed by atoms with Gasteiger partial charge in [0.2, 0.25) is 0 Å². The minimum absolute atomic E-state index is 0.102. The third kappa shape index (κ3) is 4.29. The lowest BCUT2D eigenvalue weighted by Crippen LogP contribution is -2.34. The molecule has 1 atom stereocenters. The standard InChI is InChI=1S/C35H38O7/c1-17(2)9-8-10-18(3)11-12-20-30-19(13-14-34(4,5)41-30)28(38)27-29(39)21-15-22-25-26(32(21)40-31(20)27)23(36)16-24(37)33(25)42-35(22,6)7/h9,11,13-14,16,22,36-38H,8,10,12,15H2,1-7H3/b18-11+/t22-/m0/s1. The number of fused-ring (bicyclic) bond motifs is 4. The molecule has 1 aliphatic carbocycles. The molecule has 220 valence electrons. The first kappa shape index (κ1) is 28.0. The van der Waals surface area contributed by atoms with E-state index in [9.17, 15) is 20.1 Å². The SMILES string of the molecule is CC(C)=CCC/C(C)=C/Cc1c2c(c(O)c3c(=O)c4c(oc13)-c1c(O)cc(O)c3c1[C@H](C4)C(C)(C)O3)C=CC(C)(C)O2. The summed E-state index contributed by atoms with van der Waals surface area (Å²) in [6.07, 6.45) is 10.5. The van der Waals surface area contributed by atoms with E-state index in [0.29, 0.717) is 45.7 Å². The number of phenolic OH excluding ortho intramolecular Hbond substituents is 3. The molecule has 7 nitrogen and oxygen atoms in total. The van der Waals surface area contributed by atoms with Gasteiger partial charge < -0.3 is 29.2 Å². The summed E-state index contributed by atoms with van der Waals surface area (Å²) < 4.78 is 19.1. The molecule has 0 amide bonds. The summed E-state index contributed by atoms with van der Waals surface area (Å²) in [6.45, 7) is 13.9. The number of ether oxygens (including phenoxy) is 2. The lowest BCUT2D eigenvalue weighted by Gasteiger charge is -2.32. The Morgan fingerprint density at radius 2 is 1.76 bits per heavy atom. The Morgan fingerprint density at radius 3 is 2.48 bits per heavy atom. The van der Waals surface area contributed by atoms with Crippen molar-refractivity contribution >= 4 is 17.0 Å². The highest BCUT2D eigenvalue weighted by molar-refractivity contribution is 5.96. The first-order chi connectivity index (χ1) is 19.7. The molecule has 0 unspecified atom stereocenters. The van der Waals surface area contributed by atoms with Gasteiger partial charge in [-0.3, -0.25) is 4.79 Å². The first-order valence-corrected chi connectivity index (χ1v) is 14.5. The quantitative estimate of drug-likeness (QED) is 0.268. The summed E-state index contributed by atoms with van der Waals surface area (Å²) >= 11 is 0. The van der Waals surface area contributed by atoms with E-state index < -0.39 is 11.2 Å². The second-order valence-corrected chi connectivity index (χ2v) is 13.1. The van der Waals surface area contributed by atoms with Gasteiger partial charge in [0.05, 0.1) is 11.1 Å². The van der Waals surface area contributed by atoms with Crippen LogP contribution in [0.25, 0.3) is 28.4 Å². The highest BCUT2D eigenvalue weighted by atomic mass is 16.5. The van der Waals surface area contributed by atoms with Gasteiger partial charge in [0, 0.05) is 28.7 Å². The second-order valence-electron chi connectivity index (χ2n) is 13.1. The van der Waals surface area contributed by atoms with Crippen molar-refractivity contribution < 1.29 is 29.2 Å². The van der Waals surface area contributed by atoms with Crippen LogP contribution in [0.4, 0.5) is 0 Å². The van der Waals surface area contributed by atoms with Crippen LogP contribution in [0.3, 0.4) is 0 Å². The highest BCUT2D eigenvalue weighted by Crippen LogP contribution is 2.60. The average Bonchev–Trinajstić information content (AvgIpc) is 3.16. The second kappa shape index (κ2) is 9.45. The summed E-state index contributed by atoms with van der Waals surface area (Å²) in [6, 6.07) is 1.23. The van der Waals surface area contributed by atoms with Gasteiger partial charge >= 0.3 is 0 Å². The Hall–Kier alpha value is -4.13. The fourth-order valence-electron chi connectivity index (χ4n) is 6.47. The maximum absolute atomic E-state index is 14.3. The molecule has 7 heteroatoms. The molecule has 0 saturated heterocycles. The summed E-state index contributed by atoms with van der Waals surface area (Å²) in [5.41, 5.74) is 3.42. The Kier molecular flexibility index (Phi) is 6.30. The van der Waals surface area contributed by atoms with E-state index in [0.717, 1.165) is 12.8 Å². The van der Waals surface area contributed by atoms with Gasteiger partial charge in [-0.1, -0.05) is 23.3 Å². The van der Waals surface area contributed by atoms with E-state index in [2.05, 4.69) is 32.9 Å². The van der Waals surface area contributed by atoms with Crippen LogP contribution in [-0.2, 0) is 12.8 Å². The molecule has 0 radical (unpaired) electrons. The topological polar surface area (TPSA) is 109 Å². The van der Waals surface area contributed by atoms with Crippen molar-refractivity contribution in [2.75, 3.05) is 0 Å². The van der Waals surface area contributed by atoms with Crippen LogP contribution >= 0.6 is 0 Å². The Morgan fingerprint density at radius 1 is 1.02 bits per heavy atom. The van der Waals surface area contributed by atoms with Gasteiger partial charge in [0.15, 0.2) is 16.9 Å². The lowest BCUT2D eigenvalue weighted by atomic mass is 9.74. The molecule has 42 heavy (non-hydrogen) atoms. The molecule has 0 fully saturated rings. The number of aromatic hydroxyl groups is 3. The predicted octanol–water partition coefficient (Wildman–Crippen LogP) is 7.81. The van der Waals surface area contributed by atoms with E-state index in [1.165, 1.54) is 17.2 Å². The zero-order valence-corrected chi connectivity index (χ0v) is 25.3. The van der Waals surface area contributed by atoms with Gasteiger partial charge in [0.1, 0.15) is 45.2 Å². The van der Waals surface area contributed by atoms with Crippen LogP contribution < -0.4 is 14.9 Å². The lowest BCUT2D eigenvalue weighted by molar-refractivity contribution is 0.106. The molecular weight excluding hydrogens is 532 g/mol. The molecule has 1 aromatic heterocycles. The van der Waals surface area contributed by atoms with E-state index in [-0.39, 0.29) is 51.7 Å². The molecule has 0 bridgehead atoms. The van der Waals surface area contributed by atoms with Crippen LogP contribution in [0, 0.1) is 0 Å². The molecule has 0 saturated carbocycles. The van der Waals surface area contributed by atoms with Gasteiger partial charge in [-0.25, -0.2) is 0 Å². The van der Waals surface area contributed by atoms with Crippen molar-refractivity contribution in [2.45, 2.75) is 91.3 Å². The van der Waals surface area contributed by atoms with Crippen molar-refractivity contribution in [1.82, 2.24) is 0 Å². The van der Waals surface area contributed by atoms with Crippen LogP contribution in [0.15, 0.2) is 44.7 Å². The zero-order valence-electron chi connectivity index (χ0n) is 25.3. The summed E-state index contributed by atoms with van der Waals surface area (Å²) in [5.74, 6) is 0.168. The van der Waals surface area contributed by atoms with Gasteiger partial charge in [0.25, 0.3) is 0 Å². The molecule has 0 spiro atoms. The van der Waals surface area contributed by atoms with Gasteiger partial charge in [-0.2, -0.15) is 0 Å². The Labute approximate surface area is 245 Å². The Balaban J connectivity index is 1.62. The van der Waals surface area contributed by atoms with Crippen LogP contribution in [-0.4, -0.2) is 26.5 Å². The average molecular weight is 571 g/mol. The molecule has 3 N–H and O–H groups in total. The predicted molar refractivity (Wildman–Crippen MR) is 164 cm³/mol. The fraction of sp³-hybridized carbons (Fsp3) is 0.400. The summed E-state index contributed by atoms with van der Waals surface area (Å²) in [5, 5.41) is 33.3. The number of hydrogen-bond acceptors (Lipinski definition) is 7. The normalized spacial score (nSPS) is 19.0. The third-order valence-corrected chi connectivity index (χ3v) is 8.72. The van der Waals surface area contributed by atoms with E-state index in [1.54, 1.807) is 0 Å². The number of allylic oxidation sites excluding steroid dienone is 4.